The molecule has 1 amide bonds. The van der Waals surface area contributed by atoms with Crippen molar-refractivity contribution in [3.8, 4) is 11.1 Å². The number of carbonyl (C=O) groups is 1. The zero-order valence-electron chi connectivity index (χ0n) is 16.9. The molecule has 5 heteroatoms. The number of hydrogen-bond acceptors (Lipinski definition) is 3. The van der Waals surface area contributed by atoms with E-state index in [2.05, 4.69) is 11.4 Å². The second-order valence-corrected chi connectivity index (χ2v) is 7.85. The van der Waals surface area contributed by atoms with Crippen LogP contribution < -0.4 is 10.2 Å². The number of halogens is 1. The Hall–Kier alpha value is -3.47. The number of rotatable bonds is 2. The van der Waals surface area contributed by atoms with Gasteiger partial charge >= 0.3 is 0 Å². The number of aliphatic imine (C=N–C) groups is 1. The van der Waals surface area contributed by atoms with Crippen LogP contribution in [0.4, 0.5) is 15.8 Å². The number of hydrogen-bond donors (Lipinski definition) is 1. The van der Waals surface area contributed by atoms with Gasteiger partial charge in [0.25, 0.3) is 5.91 Å². The largest absolute Gasteiger partial charge is 0.384 e. The monoisotopic (exact) mass is 399 g/mol. The van der Waals surface area contributed by atoms with Crippen molar-refractivity contribution in [3.63, 3.8) is 0 Å². The van der Waals surface area contributed by atoms with E-state index in [1.165, 1.54) is 6.07 Å². The van der Waals surface area contributed by atoms with Crippen molar-refractivity contribution in [2.75, 3.05) is 23.8 Å². The van der Waals surface area contributed by atoms with E-state index in [-0.39, 0.29) is 23.7 Å². The Bertz CT molecular complexity index is 1190. The van der Waals surface area contributed by atoms with Gasteiger partial charge < -0.3 is 10.2 Å². The van der Waals surface area contributed by atoms with Crippen molar-refractivity contribution in [1.29, 1.82) is 0 Å². The lowest BCUT2D eigenvalue weighted by atomic mass is 9.86. The van der Waals surface area contributed by atoms with E-state index in [0.29, 0.717) is 17.8 Å². The second kappa shape index (κ2) is 7.10. The Morgan fingerprint density at radius 2 is 1.80 bits per heavy atom. The van der Waals surface area contributed by atoms with Crippen molar-refractivity contribution in [2.45, 2.75) is 18.9 Å². The first-order chi connectivity index (χ1) is 14.5. The van der Waals surface area contributed by atoms with E-state index in [4.69, 9.17) is 4.99 Å². The summed E-state index contributed by atoms with van der Waals surface area (Å²) in [6.07, 6.45) is 0. The number of benzene rings is 3. The average Bonchev–Trinajstić information content (AvgIpc) is 3.16. The Morgan fingerprint density at radius 1 is 1.03 bits per heavy atom. The van der Waals surface area contributed by atoms with E-state index in [1.54, 1.807) is 31.0 Å². The van der Waals surface area contributed by atoms with Gasteiger partial charge in [0.15, 0.2) is 0 Å². The van der Waals surface area contributed by atoms with Crippen LogP contribution >= 0.6 is 0 Å². The summed E-state index contributed by atoms with van der Waals surface area (Å²) < 4.78 is 14.4. The quantitative estimate of drug-likeness (QED) is 0.645. The normalized spacial score (nSPS) is 20.2. The van der Waals surface area contributed by atoms with Crippen LogP contribution in [0.1, 0.15) is 30.0 Å². The molecule has 2 aliphatic heterocycles. The highest BCUT2D eigenvalue weighted by atomic mass is 19.1. The molecule has 4 nitrogen and oxygen atoms in total. The lowest BCUT2D eigenvalue weighted by Gasteiger charge is -2.23. The van der Waals surface area contributed by atoms with Crippen molar-refractivity contribution < 1.29 is 9.18 Å². The van der Waals surface area contributed by atoms with E-state index in [9.17, 15) is 9.18 Å². The van der Waals surface area contributed by atoms with Crippen LogP contribution in [0.25, 0.3) is 11.1 Å². The van der Waals surface area contributed by atoms with Gasteiger partial charge in [0, 0.05) is 42.0 Å². The van der Waals surface area contributed by atoms with Gasteiger partial charge in [-0.3, -0.25) is 9.79 Å². The van der Waals surface area contributed by atoms with Gasteiger partial charge in [0.05, 0.1) is 11.8 Å². The van der Waals surface area contributed by atoms with Gasteiger partial charge in [-0.05, 0) is 42.3 Å². The first-order valence-electron chi connectivity index (χ1n) is 10.1. The Morgan fingerprint density at radius 3 is 2.63 bits per heavy atom. The first-order valence-corrected chi connectivity index (χ1v) is 10.1. The van der Waals surface area contributed by atoms with Crippen molar-refractivity contribution >= 4 is 23.0 Å². The molecule has 0 aromatic heterocycles. The van der Waals surface area contributed by atoms with Crippen LogP contribution in [0.2, 0.25) is 0 Å². The molecule has 1 N–H and O–H groups in total. The first kappa shape index (κ1) is 18.6. The third kappa shape index (κ3) is 2.89. The Kier molecular flexibility index (Phi) is 4.39. The Balaban J connectivity index is 1.64. The molecule has 0 spiro atoms. The fourth-order valence-electron chi connectivity index (χ4n) is 4.54. The van der Waals surface area contributed by atoms with Crippen LogP contribution in [0.15, 0.2) is 71.7 Å². The summed E-state index contributed by atoms with van der Waals surface area (Å²) >= 11 is 0. The standard InChI is InChI=1S/C25H22FN3O/c1-15-25(30)29(2)23-10-6-4-8-18(23)24(28-15)20-14-27-22-12-11-16(13-19(20)22)17-7-3-5-9-21(17)26/h3-13,20,24,27H,14H2,1-2H3/t20-,24?/m0/s1. The summed E-state index contributed by atoms with van der Waals surface area (Å²) in [4.78, 5) is 19.3. The fourth-order valence-corrected chi connectivity index (χ4v) is 4.54. The molecule has 0 aliphatic carbocycles. The summed E-state index contributed by atoms with van der Waals surface area (Å²) in [6, 6.07) is 20.6. The summed E-state index contributed by atoms with van der Waals surface area (Å²) in [7, 11) is 1.79. The number of nitrogens with one attached hydrogen (secondary N) is 1. The molecule has 0 saturated heterocycles. The minimum Gasteiger partial charge on any atom is -0.384 e. The van der Waals surface area contributed by atoms with Crippen molar-refractivity contribution in [2.24, 2.45) is 4.99 Å². The van der Waals surface area contributed by atoms with E-state index < -0.39 is 0 Å². The van der Waals surface area contributed by atoms with Gasteiger partial charge in [0.1, 0.15) is 5.82 Å². The van der Waals surface area contributed by atoms with Crippen LogP contribution in [0.3, 0.4) is 0 Å². The maximum absolute atomic E-state index is 14.4. The number of amides is 1. The van der Waals surface area contributed by atoms with Gasteiger partial charge in [-0.25, -0.2) is 4.39 Å². The zero-order valence-corrected chi connectivity index (χ0v) is 16.9. The van der Waals surface area contributed by atoms with Crippen LogP contribution in [0.5, 0.6) is 0 Å². The fraction of sp³-hybridized carbons (Fsp3) is 0.200. The molecule has 0 saturated carbocycles. The van der Waals surface area contributed by atoms with E-state index >= 15 is 0 Å². The van der Waals surface area contributed by atoms with Crippen molar-refractivity contribution in [3.05, 3.63) is 83.7 Å². The minimum absolute atomic E-state index is 0.0436. The molecule has 0 radical (unpaired) electrons. The smallest absolute Gasteiger partial charge is 0.271 e. The molecular formula is C25H22FN3O. The maximum atomic E-state index is 14.4. The predicted molar refractivity (Wildman–Crippen MR) is 119 cm³/mol. The summed E-state index contributed by atoms with van der Waals surface area (Å²) in [5, 5.41) is 3.47. The molecule has 5 rings (SSSR count). The number of para-hydroxylation sites is 1. The van der Waals surface area contributed by atoms with Gasteiger partial charge in [-0.1, -0.05) is 42.5 Å². The molecule has 2 aliphatic rings. The average molecular weight is 399 g/mol. The lowest BCUT2D eigenvalue weighted by Crippen LogP contribution is -2.31. The highest BCUT2D eigenvalue weighted by Crippen LogP contribution is 2.46. The SMILES string of the molecule is CC1=NC([C@H]2CNc3ccc(-c4ccccc4F)cc32)c2ccccc2N(C)C1=O. The van der Waals surface area contributed by atoms with E-state index in [0.717, 1.165) is 28.1 Å². The van der Waals surface area contributed by atoms with E-state index in [1.807, 2.05) is 42.5 Å². The zero-order chi connectivity index (χ0) is 20.8. The molecular weight excluding hydrogens is 377 g/mol. The highest BCUT2D eigenvalue weighted by Gasteiger charge is 2.35. The molecule has 150 valence electrons. The van der Waals surface area contributed by atoms with Crippen LogP contribution in [-0.4, -0.2) is 25.2 Å². The molecule has 1 unspecified atom stereocenters. The van der Waals surface area contributed by atoms with Gasteiger partial charge in [0.2, 0.25) is 0 Å². The lowest BCUT2D eigenvalue weighted by molar-refractivity contribution is -0.112. The number of fused-ring (bicyclic) bond motifs is 2. The number of anilines is 2. The Labute approximate surface area is 175 Å². The van der Waals surface area contributed by atoms with Gasteiger partial charge in [-0.15, -0.1) is 0 Å². The molecule has 3 aromatic rings. The minimum atomic E-state index is -0.235. The molecule has 2 heterocycles. The highest BCUT2D eigenvalue weighted by molar-refractivity contribution is 6.43. The predicted octanol–water partition coefficient (Wildman–Crippen LogP) is 5.18. The van der Waals surface area contributed by atoms with Crippen LogP contribution in [0, 0.1) is 5.82 Å². The topological polar surface area (TPSA) is 44.7 Å². The van der Waals surface area contributed by atoms with Gasteiger partial charge in [-0.2, -0.15) is 0 Å². The number of carbonyl (C=O) groups excluding carboxylic acids is 1. The molecule has 2 atom stereocenters. The third-order valence-corrected chi connectivity index (χ3v) is 6.09. The second-order valence-electron chi connectivity index (χ2n) is 7.85. The summed E-state index contributed by atoms with van der Waals surface area (Å²) in [5.74, 6) is -0.279. The maximum Gasteiger partial charge on any atom is 0.271 e. The summed E-state index contributed by atoms with van der Waals surface area (Å²) in [5.41, 5.74) is 5.97. The summed E-state index contributed by atoms with van der Waals surface area (Å²) in [6.45, 7) is 2.49. The molecule has 30 heavy (non-hydrogen) atoms. The third-order valence-electron chi connectivity index (χ3n) is 6.09. The molecule has 0 fully saturated rings. The van der Waals surface area contributed by atoms with Crippen molar-refractivity contribution in [1.82, 2.24) is 0 Å². The molecule has 0 bridgehead atoms. The number of nitrogens with zero attached hydrogens (tertiary/aromatic N) is 2. The van der Waals surface area contributed by atoms with Crippen LogP contribution in [-0.2, 0) is 4.79 Å². The molecule has 3 aromatic carbocycles.